The minimum absolute atomic E-state index is 0.0438. The van der Waals surface area contributed by atoms with Crippen molar-refractivity contribution in [2.75, 3.05) is 6.54 Å². The molecule has 0 saturated heterocycles. The molecule has 0 unspecified atom stereocenters. The van der Waals surface area contributed by atoms with E-state index >= 15 is 0 Å². The number of hydrogen-bond donors (Lipinski definition) is 1. The first-order valence-corrected chi connectivity index (χ1v) is 6.66. The summed E-state index contributed by atoms with van der Waals surface area (Å²) in [7, 11) is 0. The molecule has 2 aliphatic rings. The summed E-state index contributed by atoms with van der Waals surface area (Å²) in [5.74, 6) is -1.81. The number of halogens is 2. The summed E-state index contributed by atoms with van der Waals surface area (Å²) in [4.78, 5) is 0. The standard InChI is InChI=1S/C13H23F2N/c14-13(15)8-6-12(10-16,7-9-13)11-4-2-1-3-5-11/h11H,1-10,16H2. The van der Waals surface area contributed by atoms with Crippen LogP contribution < -0.4 is 5.73 Å². The number of hydrogen-bond acceptors (Lipinski definition) is 1. The van der Waals surface area contributed by atoms with Crippen LogP contribution in [0.3, 0.4) is 0 Å². The summed E-state index contributed by atoms with van der Waals surface area (Å²) in [6, 6.07) is 0. The normalized spacial score (nSPS) is 30.2. The summed E-state index contributed by atoms with van der Waals surface area (Å²) >= 11 is 0. The zero-order valence-electron chi connectivity index (χ0n) is 9.98. The SMILES string of the molecule is NCC1(C2CCCCC2)CCC(F)(F)CC1. The molecule has 0 aromatic rings. The number of alkyl halides is 2. The van der Waals surface area contributed by atoms with Crippen molar-refractivity contribution in [1.82, 2.24) is 0 Å². The van der Waals surface area contributed by atoms with Crippen LogP contribution in [0.4, 0.5) is 8.78 Å². The van der Waals surface area contributed by atoms with Gasteiger partial charge in [0.25, 0.3) is 0 Å². The smallest absolute Gasteiger partial charge is 0.248 e. The molecule has 0 atom stereocenters. The molecule has 2 saturated carbocycles. The van der Waals surface area contributed by atoms with Gasteiger partial charge >= 0.3 is 0 Å². The summed E-state index contributed by atoms with van der Waals surface area (Å²) in [5.41, 5.74) is 5.96. The maximum absolute atomic E-state index is 13.2. The molecule has 0 aliphatic heterocycles. The Morgan fingerprint density at radius 2 is 1.50 bits per heavy atom. The van der Waals surface area contributed by atoms with Gasteiger partial charge in [0.05, 0.1) is 0 Å². The lowest BCUT2D eigenvalue weighted by atomic mass is 9.61. The highest BCUT2D eigenvalue weighted by Crippen LogP contribution is 2.51. The fraction of sp³-hybridized carbons (Fsp3) is 1.00. The minimum Gasteiger partial charge on any atom is -0.330 e. The van der Waals surface area contributed by atoms with Gasteiger partial charge in [-0.2, -0.15) is 0 Å². The van der Waals surface area contributed by atoms with Gasteiger partial charge in [0, 0.05) is 12.8 Å². The van der Waals surface area contributed by atoms with Gasteiger partial charge in [0.15, 0.2) is 0 Å². The summed E-state index contributed by atoms with van der Waals surface area (Å²) in [6.07, 6.45) is 7.66. The van der Waals surface area contributed by atoms with Crippen molar-refractivity contribution in [2.24, 2.45) is 17.1 Å². The quantitative estimate of drug-likeness (QED) is 0.770. The van der Waals surface area contributed by atoms with E-state index in [1.807, 2.05) is 0 Å². The zero-order chi connectivity index (χ0) is 11.6. The van der Waals surface area contributed by atoms with Crippen molar-refractivity contribution >= 4 is 0 Å². The minimum atomic E-state index is -2.42. The van der Waals surface area contributed by atoms with Crippen LogP contribution in [0.2, 0.25) is 0 Å². The Hall–Kier alpha value is -0.180. The molecule has 3 heteroatoms. The Morgan fingerprint density at radius 1 is 0.938 bits per heavy atom. The molecular weight excluding hydrogens is 208 g/mol. The van der Waals surface area contributed by atoms with Crippen molar-refractivity contribution in [3.05, 3.63) is 0 Å². The molecule has 2 fully saturated rings. The number of rotatable bonds is 2. The summed E-state index contributed by atoms with van der Waals surface area (Å²) in [6.45, 7) is 0.605. The maximum atomic E-state index is 13.2. The number of nitrogens with two attached hydrogens (primary N) is 1. The molecule has 94 valence electrons. The monoisotopic (exact) mass is 231 g/mol. The lowest BCUT2D eigenvalue weighted by Gasteiger charge is -2.46. The second-order valence-electron chi connectivity index (χ2n) is 5.76. The highest BCUT2D eigenvalue weighted by Gasteiger charge is 2.46. The first kappa shape index (κ1) is 12.3. The summed E-state index contributed by atoms with van der Waals surface area (Å²) < 4.78 is 26.4. The van der Waals surface area contributed by atoms with Gasteiger partial charge in [-0.25, -0.2) is 8.78 Å². The molecule has 0 amide bonds. The average molecular weight is 231 g/mol. The molecule has 0 aromatic carbocycles. The lowest BCUT2D eigenvalue weighted by Crippen LogP contribution is -2.44. The first-order valence-electron chi connectivity index (χ1n) is 6.66. The van der Waals surface area contributed by atoms with Gasteiger partial charge in [-0.05, 0) is 43.6 Å². The van der Waals surface area contributed by atoms with E-state index in [2.05, 4.69) is 0 Å². The van der Waals surface area contributed by atoms with Crippen LogP contribution >= 0.6 is 0 Å². The van der Waals surface area contributed by atoms with E-state index in [-0.39, 0.29) is 18.3 Å². The fourth-order valence-corrected chi connectivity index (χ4v) is 3.61. The second-order valence-corrected chi connectivity index (χ2v) is 5.76. The van der Waals surface area contributed by atoms with Crippen molar-refractivity contribution < 1.29 is 8.78 Å². The first-order chi connectivity index (χ1) is 7.58. The Balaban J connectivity index is 2.02. The predicted molar refractivity (Wildman–Crippen MR) is 61.5 cm³/mol. The molecule has 0 bridgehead atoms. The molecule has 2 N–H and O–H groups in total. The molecule has 2 rings (SSSR count). The van der Waals surface area contributed by atoms with Gasteiger partial charge in [-0.15, -0.1) is 0 Å². The predicted octanol–water partition coefficient (Wildman–Crippen LogP) is 3.72. The highest BCUT2D eigenvalue weighted by molar-refractivity contribution is 4.94. The molecule has 0 aromatic heterocycles. The van der Waals surface area contributed by atoms with E-state index in [0.29, 0.717) is 25.3 Å². The van der Waals surface area contributed by atoms with Crippen molar-refractivity contribution in [2.45, 2.75) is 63.7 Å². The molecule has 2 aliphatic carbocycles. The van der Waals surface area contributed by atoms with Crippen LogP contribution in [-0.4, -0.2) is 12.5 Å². The van der Waals surface area contributed by atoms with Crippen molar-refractivity contribution in [3.8, 4) is 0 Å². The van der Waals surface area contributed by atoms with E-state index in [0.717, 1.165) is 0 Å². The van der Waals surface area contributed by atoms with E-state index in [1.165, 1.54) is 32.1 Å². The fourth-order valence-electron chi connectivity index (χ4n) is 3.61. The van der Waals surface area contributed by atoms with Crippen LogP contribution in [0.25, 0.3) is 0 Å². The third-order valence-corrected chi connectivity index (χ3v) is 4.86. The Labute approximate surface area is 96.8 Å². The average Bonchev–Trinajstić information content (AvgIpc) is 2.31. The van der Waals surface area contributed by atoms with Crippen molar-refractivity contribution in [3.63, 3.8) is 0 Å². The van der Waals surface area contributed by atoms with E-state index < -0.39 is 5.92 Å². The van der Waals surface area contributed by atoms with E-state index in [9.17, 15) is 8.78 Å². The third-order valence-electron chi connectivity index (χ3n) is 4.86. The maximum Gasteiger partial charge on any atom is 0.248 e. The van der Waals surface area contributed by atoms with Crippen LogP contribution in [0.15, 0.2) is 0 Å². The Bertz CT molecular complexity index is 224. The largest absolute Gasteiger partial charge is 0.330 e. The van der Waals surface area contributed by atoms with E-state index in [1.54, 1.807) is 0 Å². The molecule has 16 heavy (non-hydrogen) atoms. The molecule has 0 radical (unpaired) electrons. The van der Waals surface area contributed by atoms with Gasteiger partial charge in [0.2, 0.25) is 5.92 Å². The highest BCUT2D eigenvalue weighted by atomic mass is 19.3. The Kier molecular flexibility index (Phi) is 3.53. The lowest BCUT2D eigenvalue weighted by molar-refractivity contribution is -0.0824. The molecule has 1 nitrogen and oxygen atoms in total. The topological polar surface area (TPSA) is 26.0 Å². The summed E-state index contributed by atoms with van der Waals surface area (Å²) in [5, 5.41) is 0. The van der Waals surface area contributed by atoms with Crippen LogP contribution in [0.1, 0.15) is 57.8 Å². The van der Waals surface area contributed by atoms with Gasteiger partial charge in [-0.3, -0.25) is 0 Å². The van der Waals surface area contributed by atoms with Gasteiger partial charge in [0.1, 0.15) is 0 Å². The van der Waals surface area contributed by atoms with Gasteiger partial charge in [-0.1, -0.05) is 19.3 Å². The third kappa shape index (κ3) is 2.39. The van der Waals surface area contributed by atoms with Crippen LogP contribution in [-0.2, 0) is 0 Å². The second kappa shape index (κ2) is 4.59. The van der Waals surface area contributed by atoms with Gasteiger partial charge < -0.3 is 5.73 Å². The van der Waals surface area contributed by atoms with Crippen LogP contribution in [0.5, 0.6) is 0 Å². The van der Waals surface area contributed by atoms with Crippen molar-refractivity contribution in [1.29, 1.82) is 0 Å². The van der Waals surface area contributed by atoms with E-state index in [4.69, 9.17) is 5.73 Å². The molecular formula is C13H23F2N. The zero-order valence-corrected chi connectivity index (χ0v) is 9.98. The van der Waals surface area contributed by atoms with Crippen LogP contribution in [0, 0.1) is 11.3 Å². The Morgan fingerprint density at radius 3 is 2.00 bits per heavy atom. The molecule has 0 spiro atoms. The molecule has 0 heterocycles.